The lowest BCUT2D eigenvalue weighted by Crippen LogP contribution is -2.26. The quantitative estimate of drug-likeness (QED) is 0.142. The number of ether oxygens (including phenoxy) is 2. The van der Waals surface area contributed by atoms with E-state index in [9.17, 15) is 5.11 Å². The number of aromatic hydroxyl groups is 1. The van der Waals surface area contributed by atoms with Gasteiger partial charge in [0, 0.05) is 17.1 Å². The van der Waals surface area contributed by atoms with Crippen molar-refractivity contribution < 1.29 is 14.6 Å². The monoisotopic (exact) mass is 661 g/mol. The van der Waals surface area contributed by atoms with Gasteiger partial charge < -0.3 is 19.5 Å². The van der Waals surface area contributed by atoms with Gasteiger partial charge in [0.25, 0.3) is 0 Å². The molecule has 0 radical (unpaired) electrons. The van der Waals surface area contributed by atoms with Crippen molar-refractivity contribution in [1.29, 1.82) is 0 Å². The summed E-state index contributed by atoms with van der Waals surface area (Å²) in [6.07, 6.45) is 1.85. The van der Waals surface area contributed by atoms with E-state index >= 15 is 0 Å². The number of hydrogen-bond donors (Lipinski definition) is 1. The maximum absolute atomic E-state index is 10.1. The fourth-order valence-corrected chi connectivity index (χ4v) is 5.80. The summed E-state index contributed by atoms with van der Waals surface area (Å²) in [6, 6.07) is 49.9. The summed E-state index contributed by atoms with van der Waals surface area (Å²) in [5.74, 6) is 2.00. The van der Waals surface area contributed by atoms with Gasteiger partial charge in [-0.3, -0.25) is 0 Å². The van der Waals surface area contributed by atoms with Crippen molar-refractivity contribution in [1.82, 2.24) is 0 Å². The number of hydrogen-bond acceptors (Lipinski definition) is 4. The number of rotatable bonds is 12. The Kier molecular flexibility index (Phi) is 10.0. The SMILES string of the molecule is CCC(C)(C)Oc1cccc(-c2ccc(N(c3ccc(-c4cccc(O)c4)cc3)c3ccc(-c4cccc(OC(C)(C)CC)c4)cc3)cc2)c1. The molecule has 254 valence electrons. The van der Waals surface area contributed by atoms with Crippen molar-refractivity contribution in [3.05, 3.63) is 146 Å². The topological polar surface area (TPSA) is 41.9 Å². The summed E-state index contributed by atoms with van der Waals surface area (Å²) < 4.78 is 12.6. The second-order valence-electron chi connectivity index (χ2n) is 14.0. The van der Waals surface area contributed by atoms with E-state index in [0.717, 1.165) is 74.8 Å². The van der Waals surface area contributed by atoms with Crippen LogP contribution in [0.2, 0.25) is 0 Å². The number of anilines is 3. The van der Waals surface area contributed by atoms with E-state index in [-0.39, 0.29) is 17.0 Å². The van der Waals surface area contributed by atoms with Crippen LogP contribution in [0.3, 0.4) is 0 Å². The minimum Gasteiger partial charge on any atom is -0.508 e. The fraction of sp³-hybridized carbons (Fsp3) is 0.217. The highest BCUT2D eigenvalue weighted by atomic mass is 16.5. The molecule has 0 aliphatic carbocycles. The number of phenols is 1. The van der Waals surface area contributed by atoms with Crippen molar-refractivity contribution in [3.63, 3.8) is 0 Å². The van der Waals surface area contributed by atoms with E-state index in [1.54, 1.807) is 12.1 Å². The van der Waals surface area contributed by atoms with Crippen LogP contribution in [0.5, 0.6) is 17.2 Å². The van der Waals surface area contributed by atoms with Gasteiger partial charge in [0.1, 0.15) is 28.5 Å². The van der Waals surface area contributed by atoms with Crippen LogP contribution >= 0.6 is 0 Å². The molecule has 6 aromatic rings. The number of phenolic OH excluding ortho intramolecular Hbond substituents is 1. The predicted molar refractivity (Wildman–Crippen MR) is 209 cm³/mol. The van der Waals surface area contributed by atoms with Crippen LogP contribution in [0.25, 0.3) is 33.4 Å². The van der Waals surface area contributed by atoms with Gasteiger partial charge in [0.2, 0.25) is 0 Å². The molecular formula is C46H47NO3. The third-order valence-corrected chi connectivity index (χ3v) is 9.38. The van der Waals surface area contributed by atoms with Crippen LogP contribution in [-0.2, 0) is 0 Å². The molecule has 0 fully saturated rings. The average molecular weight is 662 g/mol. The van der Waals surface area contributed by atoms with Gasteiger partial charge in [0.05, 0.1) is 0 Å². The Morgan fingerprint density at radius 3 is 1.12 bits per heavy atom. The zero-order valence-electron chi connectivity index (χ0n) is 30.0. The lowest BCUT2D eigenvalue weighted by molar-refractivity contribution is 0.105. The Hall–Kier alpha value is -5.48. The molecule has 0 amide bonds. The predicted octanol–water partition coefficient (Wildman–Crippen LogP) is 13.0. The summed E-state index contributed by atoms with van der Waals surface area (Å²) >= 11 is 0. The standard InChI is InChI=1S/C46H47NO3/c1-7-45(3,4)49-43-16-10-13-37(31-43)34-20-26-40(27-21-34)47(39-24-18-33(19-25-39)36-12-9-15-42(48)30-36)41-28-22-35(23-29-41)38-14-11-17-44(32-38)50-46(5,6)8-2/h9-32,48H,7-8H2,1-6H3. The van der Waals surface area contributed by atoms with E-state index in [4.69, 9.17) is 9.47 Å². The van der Waals surface area contributed by atoms with Crippen LogP contribution in [0, 0.1) is 0 Å². The molecule has 0 spiro atoms. The average Bonchev–Trinajstić information content (AvgIpc) is 3.12. The van der Waals surface area contributed by atoms with E-state index in [1.807, 2.05) is 24.3 Å². The van der Waals surface area contributed by atoms with Crippen molar-refractivity contribution >= 4 is 17.1 Å². The Morgan fingerprint density at radius 2 is 0.780 bits per heavy atom. The number of nitrogens with zero attached hydrogens (tertiary/aromatic N) is 1. The Morgan fingerprint density at radius 1 is 0.440 bits per heavy atom. The molecule has 0 saturated carbocycles. The molecule has 50 heavy (non-hydrogen) atoms. The van der Waals surface area contributed by atoms with Crippen molar-refractivity contribution in [2.75, 3.05) is 4.90 Å². The van der Waals surface area contributed by atoms with E-state index in [2.05, 4.69) is 156 Å². The lowest BCUT2D eigenvalue weighted by atomic mass is 10.0. The van der Waals surface area contributed by atoms with Crippen LogP contribution in [0.4, 0.5) is 17.1 Å². The summed E-state index contributed by atoms with van der Waals surface area (Å²) in [5.41, 5.74) is 9.15. The van der Waals surface area contributed by atoms with Gasteiger partial charge in [-0.05, 0) is 147 Å². The van der Waals surface area contributed by atoms with Crippen molar-refractivity contribution in [2.45, 2.75) is 65.6 Å². The molecule has 0 aliphatic heterocycles. The first-order chi connectivity index (χ1) is 24.0. The van der Waals surface area contributed by atoms with Gasteiger partial charge in [-0.1, -0.05) is 86.6 Å². The second-order valence-corrected chi connectivity index (χ2v) is 14.0. The zero-order chi connectivity index (χ0) is 35.3. The van der Waals surface area contributed by atoms with E-state index < -0.39 is 0 Å². The van der Waals surface area contributed by atoms with Gasteiger partial charge in [-0.25, -0.2) is 0 Å². The molecule has 0 heterocycles. The van der Waals surface area contributed by atoms with Crippen molar-refractivity contribution in [3.8, 4) is 50.6 Å². The normalized spacial score (nSPS) is 11.6. The smallest absolute Gasteiger partial charge is 0.120 e. The van der Waals surface area contributed by atoms with Crippen molar-refractivity contribution in [2.24, 2.45) is 0 Å². The van der Waals surface area contributed by atoms with E-state index in [0.29, 0.717) is 0 Å². The largest absolute Gasteiger partial charge is 0.508 e. The van der Waals surface area contributed by atoms with Gasteiger partial charge in [-0.15, -0.1) is 0 Å². The van der Waals surface area contributed by atoms with Gasteiger partial charge >= 0.3 is 0 Å². The molecule has 0 aliphatic rings. The Labute approximate surface area is 297 Å². The van der Waals surface area contributed by atoms with E-state index in [1.165, 1.54) is 0 Å². The first kappa shape index (κ1) is 34.4. The van der Waals surface area contributed by atoms with Crippen LogP contribution in [0.1, 0.15) is 54.4 Å². The summed E-state index contributed by atoms with van der Waals surface area (Å²) in [4.78, 5) is 2.27. The molecule has 0 atom stereocenters. The maximum Gasteiger partial charge on any atom is 0.120 e. The molecule has 6 aromatic carbocycles. The number of benzene rings is 6. The first-order valence-corrected chi connectivity index (χ1v) is 17.5. The minimum absolute atomic E-state index is 0.225. The molecule has 1 N–H and O–H groups in total. The Bertz CT molecular complexity index is 1920. The third-order valence-electron chi connectivity index (χ3n) is 9.38. The lowest BCUT2D eigenvalue weighted by Gasteiger charge is -2.26. The van der Waals surface area contributed by atoms with Gasteiger partial charge in [-0.2, -0.15) is 0 Å². The van der Waals surface area contributed by atoms with Crippen LogP contribution in [0.15, 0.2) is 146 Å². The summed E-state index contributed by atoms with van der Waals surface area (Å²) in [6.45, 7) is 12.8. The highest BCUT2D eigenvalue weighted by Gasteiger charge is 2.19. The molecule has 0 bridgehead atoms. The zero-order valence-corrected chi connectivity index (χ0v) is 30.0. The summed E-state index contributed by atoms with van der Waals surface area (Å²) in [5, 5.41) is 10.1. The second kappa shape index (κ2) is 14.6. The maximum atomic E-state index is 10.1. The molecule has 0 saturated heterocycles. The molecule has 4 nitrogen and oxygen atoms in total. The highest BCUT2D eigenvalue weighted by Crippen LogP contribution is 2.38. The summed E-state index contributed by atoms with van der Waals surface area (Å²) in [7, 11) is 0. The molecular weight excluding hydrogens is 615 g/mol. The third kappa shape index (κ3) is 8.20. The molecule has 4 heteroatoms. The Balaban J connectivity index is 1.34. The minimum atomic E-state index is -0.225. The molecule has 0 unspecified atom stereocenters. The molecule has 6 rings (SSSR count). The highest BCUT2D eigenvalue weighted by molar-refractivity contribution is 5.81. The van der Waals surface area contributed by atoms with Crippen LogP contribution < -0.4 is 14.4 Å². The van der Waals surface area contributed by atoms with Gasteiger partial charge in [0.15, 0.2) is 0 Å². The fourth-order valence-electron chi connectivity index (χ4n) is 5.80. The molecule has 0 aromatic heterocycles. The van der Waals surface area contributed by atoms with Crippen LogP contribution in [-0.4, -0.2) is 16.3 Å². The first-order valence-electron chi connectivity index (χ1n) is 17.5.